The molecule has 0 spiro atoms. The normalized spacial score (nSPS) is 15.0. The molecule has 6 nitrogen and oxygen atoms in total. The van der Waals surface area contributed by atoms with Crippen LogP contribution in [0.15, 0.2) is 48.5 Å². The summed E-state index contributed by atoms with van der Waals surface area (Å²) in [4.78, 5) is 26.2. The van der Waals surface area contributed by atoms with E-state index in [9.17, 15) is 9.59 Å². The van der Waals surface area contributed by atoms with Crippen molar-refractivity contribution in [1.82, 2.24) is 4.90 Å². The smallest absolute Gasteiger partial charge is 0.337 e. The molecule has 0 radical (unpaired) electrons. The lowest BCUT2D eigenvalue weighted by molar-refractivity contribution is -0.117. The van der Waals surface area contributed by atoms with Crippen LogP contribution in [-0.4, -0.2) is 50.6 Å². The molecular formula is C23H28N2O4. The molecule has 1 aliphatic rings. The summed E-state index contributed by atoms with van der Waals surface area (Å²) >= 11 is 0. The Morgan fingerprint density at radius 2 is 1.79 bits per heavy atom. The van der Waals surface area contributed by atoms with Gasteiger partial charge in [0.15, 0.2) is 0 Å². The molecule has 1 aliphatic heterocycles. The van der Waals surface area contributed by atoms with Crippen molar-refractivity contribution in [2.45, 2.75) is 19.3 Å². The molecule has 0 saturated carbocycles. The number of hydrogen-bond donors (Lipinski definition) is 1. The Hall–Kier alpha value is -2.86. The molecule has 2 aromatic carbocycles. The molecule has 0 atom stereocenters. The second-order valence-corrected chi connectivity index (χ2v) is 7.39. The van der Waals surface area contributed by atoms with E-state index in [4.69, 9.17) is 9.47 Å². The topological polar surface area (TPSA) is 67.9 Å². The van der Waals surface area contributed by atoms with Crippen LogP contribution >= 0.6 is 0 Å². The third-order valence-corrected chi connectivity index (χ3v) is 5.33. The molecule has 154 valence electrons. The predicted octanol–water partition coefficient (Wildman–Crippen LogP) is 3.38. The molecule has 3 rings (SSSR count). The van der Waals surface area contributed by atoms with Crippen LogP contribution in [0.3, 0.4) is 0 Å². The minimum absolute atomic E-state index is 0.0689. The SMILES string of the molecule is COC(=O)c1cccc(NC(=O)CN2CCC(Cc3ccc(OC)cc3)CC2)c1. The summed E-state index contributed by atoms with van der Waals surface area (Å²) in [5.41, 5.74) is 2.35. The number of nitrogens with one attached hydrogen (secondary N) is 1. The number of nitrogens with zero attached hydrogens (tertiary/aromatic N) is 1. The van der Waals surface area contributed by atoms with Gasteiger partial charge in [-0.3, -0.25) is 9.69 Å². The minimum atomic E-state index is -0.417. The van der Waals surface area contributed by atoms with Gasteiger partial charge >= 0.3 is 5.97 Å². The van der Waals surface area contributed by atoms with E-state index in [-0.39, 0.29) is 5.91 Å². The van der Waals surface area contributed by atoms with E-state index < -0.39 is 5.97 Å². The van der Waals surface area contributed by atoms with Crippen LogP contribution in [0, 0.1) is 5.92 Å². The maximum atomic E-state index is 12.4. The van der Waals surface area contributed by atoms with Gasteiger partial charge in [-0.15, -0.1) is 0 Å². The van der Waals surface area contributed by atoms with Crippen molar-refractivity contribution in [3.8, 4) is 5.75 Å². The van der Waals surface area contributed by atoms with Crippen LogP contribution < -0.4 is 10.1 Å². The van der Waals surface area contributed by atoms with Crippen molar-refractivity contribution in [1.29, 1.82) is 0 Å². The van der Waals surface area contributed by atoms with Crippen LogP contribution in [0.25, 0.3) is 0 Å². The summed E-state index contributed by atoms with van der Waals surface area (Å²) in [5.74, 6) is 1.03. The van der Waals surface area contributed by atoms with Crippen molar-refractivity contribution in [2.24, 2.45) is 5.92 Å². The molecule has 0 unspecified atom stereocenters. The van der Waals surface area contributed by atoms with E-state index >= 15 is 0 Å². The maximum absolute atomic E-state index is 12.4. The first kappa shape index (κ1) is 20.9. The standard InChI is InChI=1S/C23H28N2O4/c1-28-21-8-6-17(7-9-21)14-18-10-12-25(13-11-18)16-22(26)24-20-5-3-4-19(15-20)23(27)29-2/h3-9,15,18H,10-14,16H2,1-2H3,(H,24,26). The number of anilines is 1. The molecule has 0 aliphatic carbocycles. The lowest BCUT2D eigenvalue weighted by Gasteiger charge is -2.31. The van der Waals surface area contributed by atoms with Crippen LogP contribution in [0.4, 0.5) is 5.69 Å². The Labute approximate surface area is 171 Å². The first-order valence-corrected chi connectivity index (χ1v) is 9.91. The predicted molar refractivity (Wildman–Crippen MR) is 112 cm³/mol. The van der Waals surface area contributed by atoms with Crippen LogP contribution in [0.2, 0.25) is 0 Å². The molecule has 2 aromatic rings. The van der Waals surface area contributed by atoms with Crippen molar-refractivity contribution in [2.75, 3.05) is 39.2 Å². The van der Waals surface area contributed by atoms with Crippen molar-refractivity contribution in [3.63, 3.8) is 0 Å². The maximum Gasteiger partial charge on any atom is 0.337 e. The zero-order valence-electron chi connectivity index (χ0n) is 17.0. The van der Waals surface area contributed by atoms with Gasteiger partial charge in [-0.1, -0.05) is 18.2 Å². The fourth-order valence-electron chi connectivity index (χ4n) is 3.69. The number of likely N-dealkylation sites (tertiary alicyclic amines) is 1. The average molecular weight is 396 g/mol. The lowest BCUT2D eigenvalue weighted by atomic mass is 9.90. The number of carbonyl (C=O) groups is 2. The Morgan fingerprint density at radius 1 is 1.07 bits per heavy atom. The number of piperidine rings is 1. The number of esters is 1. The zero-order chi connectivity index (χ0) is 20.6. The largest absolute Gasteiger partial charge is 0.497 e. The first-order valence-electron chi connectivity index (χ1n) is 9.91. The number of methoxy groups -OCH3 is 2. The van der Waals surface area contributed by atoms with Crippen LogP contribution in [0.1, 0.15) is 28.8 Å². The number of benzene rings is 2. The highest BCUT2D eigenvalue weighted by Crippen LogP contribution is 2.23. The number of rotatable bonds is 7. The third-order valence-electron chi connectivity index (χ3n) is 5.33. The monoisotopic (exact) mass is 396 g/mol. The van der Waals surface area contributed by atoms with Gasteiger partial charge < -0.3 is 14.8 Å². The molecule has 1 fully saturated rings. The third kappa shape index (κ3) is 6.06. The van der Waals surface area contributed by atoms with Crippen LogP contribution in [0.5, 0.6) is 5.75 Å². The number of hydrogen-bond acceptors (Lipinski definition) is 5. The molecular weight excluding hydrogens is 368 g/mol. The molecule has 1 heterocycles. The molecule has 1 amide bonds. The molecule has 6 heteroatoms. The Balaban J connectivity index is 1.44. The zero-order valence-corrected chi connectivity index (χ0v) is 17.0. The van der Waals surface area contributed by atoms with Crippen LogP contribution in [-0.2, 0) is 16.0 Å². The van der Waals surface area contributed by atoms with Gasteiger partial charge in [0.2, 0.25) is 5.91 Å². The fraction of sp³-hybridized carbons (Fsp3) is 0.391. The van der Waals surface area contributed by atoms with Crippen molar-refractivity contribution in [3.05, 3.63) is 59.7 Å². The number of carbonyl (C=O) groups excluding carboxylic acids is 2. The second-order valence-electron chi connectivity index (χ2n) is 7.39. The van der Waals surface area contributed by atoms with Crippen molar-refractivity contribution >= 4 is 17.6 Å². The first-order chi connectivity index (χ1) is 14.1. The quantitative estimate of drug-likeness (QED) is 0.727. The van der Waals surface area contributed by atoms with E-state index in [0.717, 1.165) is 38.1 Å². The van der Waals surface area contributed by atoms with E-state index in [1.807, 2.05) is 12.1 Å². The second kappa shape index (κ2) is 10.1. The van der Waals surface area contributed by atoms with Gasteiger partial charge in [0.1, 0.15) is 5.75 Å². The molecule has 0 aromatic heterocycles. The lowest BCUT2D eigenvalue weighted by Crippen LogP contribution is -2.39. The summed E-state index contributed by atoms with van der Waals surface area (Å²) < 4.78 is 9.92. The molecule has 1 N–H and O–H groups in total. The van der Waals surface area contributed by atoms with Gasteiger partial charge in [0.25, 0.3) is 0 Å². The highest BCUT2D eigenvalue weighted by atomic mass is 16.5. The van der Waals surface area contributed by atoms with Gasteiger partial charge in [-0.2, -0.15) is 0 Å². The molecule has 1 saturated heterocycles. The van der Waals surface area contributed by atoms with E-state index in [2.05, 4.69) is 22.3 Å². The van der Waals surface area contributed by atoms with E-state index in [0.29, 0.717) is 23.7 Å². The average Bonchev–Trinajstić information content (AvgIpc) is 2.75. The molecule has 0 bridgehead atoms. The van der Waals surface area contributed by atoms with Crippen molar-refractivity contribution < 1.29 is 19.1 Å². The summed E-state index contributed by atoms with van der Waals surface area (Å²) in [7, 11) is 3.02. The Bertz CT molecular complexity index is 827. The summed E-state index contributed by atoms with van der Waals surface area (Å²) in [6, 6.07) is 15.0. The summed E-state index contributed by atoms with van der Waals surface area (Å²) in [5, 5.41) is 2.87. The Kier molecular flexibility index (Phi) is 7.25. The summed E-state index contributed by atoms with van der Waals surface area (Å²) in [6.07, 6.45) is 3.22. The Morgan fingerprint density at radius 3 is 2.45 bits per heavy atom. The summed E-state index contributed by atoms with van der Waals surface area (Å²) in [6.45, 7) is 2.19. The highest BCUT2D eigenvalue weighted by Gasteiger charge is 2.21. The fourth-order valence-corrected chi connectivity index (χ4v) is 3.69. The molecule has 29 heavy (non-hydrogen) atoms. The van der Waals surface area contributed by atoms with E-state index in [1.165, 1.54) is 12.7 Å². The van der Waals surface area contributed by atoms with Gasteiger partial charge in [0, 0.05) is 5.69 Å². The number of amides is 1. The number of ether oxygens (including phenoxy) is 2. The van der Waals surface area contributed by atoms with Gasteiger partial charge in [0.05, 0.1) is 26.3 Å². The van der Waals surface area contributed by atoms with Gasteiger partial charge in [-0.05, 0) is 74.2 Å². The minimum Gasteiger partial charge on any atom is -0.497 e. The van der Waals surface area contributed by atoms with Gasteiger partial charge in [-0.25, -0.2) is 4.79 Å². The van der Waals surface area contributed by atoms with E-state index in [1.54, 1.807) is 31.4 Å². The highest BCUT2D eigenvalue weighted by molar-refractivity contribution is 5.95.